The third-order valence-electron chi connectivity index (χ3n) is 5.90. The highest BCUT2D eigenvalue weighted by molar-refractivity contribution is 8.27. The number of thioether (sulfide) groups is 1. The molecule has 0 radical (unpaired) electrons. The molecule has 0 spiro atoms. The number of halogens is 1. The molecule has 0 unspecified atom stereocenters. The fourth-order valence-electron chi connectivity index (χ4n) is 4.11. The van der Waals surface area contributed by atoms with E-state index in [2.05, 4.69) is 10.1 Å². The van der Waals surface area contributed by atoms with Crippen LogP contribution in [0.25, 0.3) is 6.08 Å². The Morgan fingerprint density at radius 1 is 1.15 bits per heavy atom. The van der Waals surface area contributed by atoms with Crippen LogP contribution in [0.3, 0.4) is 0 Å². The number of hydrogen-bond acceptors (Lipinski definition) is 6. The van der Waals surface area contributed by atoms with Crippen LogP contribution in [0.15, 0.2) is 64.2 Å². The van der Waals surface area contributed by atoms with Crippen LogP contribution in [-0.4, -0.2) is 32.9 Å². The van der Waals surface area contributed by atoms with Gasteiger partial charge < -0.3 is 4.74 Å². The molecule has 172 valence electrons. The number of amidine groups is 2. The maximum atomic E-state index is 12.7. The second-order valence-electron chi connectivity index (χ2n) is 8.24. The molecular weight excluding hydrogens is 472 g/mol. The number of fused-ring (bicyclic) bond motifs is 1. The summed E-state index contributed by atoms with van der Waals surface area (Å²) in [5.41, 5.74) is 1.12. The number of ether oxygens (including phenoxy) is 1. The Morgan fingerprint density at radius 2 is 1.91 bits per heavy atom. The maximum absolute atomic E-state index is 12.7. The standard InChI is InChI=1S/C25H21ClN4O3S/c26-19-14-15(11-12-20(19)33-24(32)17-9-5-2-6-10-17)13-18-21(27)30-25(28-22(18)31)34-23(29-30)16-7-3-1-4-8-16/h2,5-6,9-14,16,27H,1,3-4,7-8H2/b18-13-,27-21?. The second-order valence-corrected chi connectivity index (χ2v) is 9.63. The number of rotatable bonds is 4. The highest BCUT2D eigenvalue weighted by atomic mass is 35.5. The molecule has 0 bridgehead atoms. The first-order valence-corrected chi connectivity index (χ1v) is 12.3. The van der Waals surface area contributed by atoms with E-state index < -0.39 is 11.9 Å². The van der Waals surface area contributed by atoms with Gasteiger partial charge in [-0.2, -0.15) is 15.1 Å². The summed E-state index contributed by atoms with van der Waals surface area (Å²) in [7, 11) is 0. The van der Waals surface area contributed by atoms with E-state index in [1.165, 1.54) is 36.0 Å². The van der Waals surface area contributed by atoms with Gasteiger partial charge in [-0.05, 0) is 60.5 Å². The minimum Gasteiger partial charge on any atom is -0.421 e. The Labute approximate surface area is 206 Å². The van der Waals surface area contributed by atoms with Gasteiger partial charge in [0.25, 0.3) is 5.91 Å². The lowest BCUT2D eigenvalue weighted by Gasteiger charge is -2.20. The summed E-state index contributed by atoms with van der Waals surface area (Å²) in [4.78, 5) is 29.2. The molecule has 1 amide bonds. The fraction of sp³-hybridized carbons (Fsp3) is 0.240. The summed E-state index contributed by atoms with van der Waals surface area (Å²) < 4.78 is 5.39. The van der Waals surface area contributed by atoms with E-state index in [0.717, 1.165) is 17.9 Å². The van der Waals surface area contributed by atoms with Crippen LogP contribution in [-0.2, 0) is 4.79 Å². The molecule has 5 rings (SSSR count). The summed E-state index contributed by atoms with van der Waals surface area (Å²) in [6.45, 7) is 0. The van der Waals surface area contributed by atoms with Crippen molar-refractivity contribution in [2.75, 3.05) is 0 Å². The quantitative estimate of drug-likeness (QED) is 0.332. The minimum absolute atomic E-state index is 0.0102. The molecule has 0 aromatic heterocycles. The Kier molecular flexibility index (Phi) is 6.34. The first-order chi connectivity index (χ1) is 16.5. The predicted molar refractivity (Wildman–Crippen MR) is 134 cm³/mol. The molecule has 2 aromatic carbocycles. The van der Waals surface area contributed by atoms with E-state index in [9.17, 15) is 9.59 Å². The second kappa shape index (κ2) is 9.56. The van der Waals surface area contributed by atoms with Crippen molar-refractivity contribution in [1.29, 1.82) is 5.41 Å². The third kappa shape index (κ3) is 4.56. The van der Waals surface area contributed by atoms with E-state index in [0.29, 0.717) is 22.2 Å². The zero-order chi connectivity index (χ0) is 23.7. The van der Waals surface area contributed by atoms with E-state index >= 15 is 0 Å². The van der Waals surface area contributed by atoms with Gasteiger partial charge in [0.15, 0.2) is 5.84 Å². The molecule has 9 heteroatoms. The Balaban J connectivity index is 1.35. The van der Waals surface area contributed by atoms with Gasteiger partial charge in [0.1, 0.15) is 10.8 Å². The molecule has 1 aliphatic carbocycles. The summed E-state index contributed by atoms with van der Waals surface area (Å²) >= 11 is 7.73. The van der Waals surface area contributed by atoms with Gasteiger partial charge in [0.05, 0.1) is 16.2 Å². The van der Waals surface area contributed by atoms with Gasteiger partial charge in [0, 0.05) is 5.92 Å². The Bertz CT molecular complexity index is 1270. The van der Waals surface area contributed by atoms with Gasteiger partial charge in [-0.1, -0.05) is 55.1 Å². The summed E-state index contributed by atoms with van der Waals surface area (Å²) in [6, 6.07) is 13.4. The van der Waals surface area contributed by atoms with E-state index in [4.69, 9.17) is 21.7 Å². The number of esters is 1. The minimum atomic E-state index is -0.516. The average molecular weight is 493 g/mol. The molecule has 2 heterocycles. The lowest BCUT2D eigenvalue weighted by molar-refractivity contribution is -0.114. The van der Waals surface area contributed by atoms with Crippen LogP contribution in [0.4, 0.5) is 0 Å². The number of hydrazone groups is 1. The summed E-state index contributed by atoms with van der Waals surface area (Å²) in [5, 5.41) is 16.2. The predicted octanol–water partition coefficient (Wildman–Crippen LogP) is 5.76. The number of nitrogens with one attached hydrogen (secondary N) is 1. The molecule has 3 aliphatic rings. The summed E-state index contributed by atoms with van der Waals surface area (Å²) in [6.07, 6.45) is 7.31. The zero-order valence-electron chi connectivity index (χ0n) is 18.2. The molecule has 1 fully saturated rings. The molecule has 1 N–H and O–H groups in total. The topological polar surface area (TPSA) is 95.2 Å². The van der Waals surface area contributed by atoms with Gasteiger partial charge in [-0.15, -0.1) is 0 Å². The van der Waals surface area contributed by atoms with Gasteiger partial charge >= 0.3 is 5.97 Å². The number of benzene rings is 2. The molecule has 7 nitrogen and oxygen atoms in total. The lowest BCUT2D eigenvalue weighted by Crippen LogP contribution is -2.35. The van der Waals surface area contributed by atoms with Crippen LogP contribution in [0, 0.1) is 11.3 Å². The molecule has 2 aliphatic heterocycles. The average Bonchev–Trinajstić information content (AvgIpc) is 3.28. The first-order valence-electron chi connectivity index (χ1n) is 11.1. The van der Waals surface area contributed by atoms with E-state index in [-0.39, 0.29) is 22.2 Å². The van der Waals surface area contributed by atoms with Gasteiger partial charge in [0.2, 0.25) is 5.17 Å². The number of aliphatic imine (C=N–C) groups is 1. The highest BCUT2D eigenvalue weighted by Crippen LogP contribution is 2.36. The van der Waals surface area contributed by atoms with Crippen molar-refractivity contribution in [1.82, 2.24) is 5.01 Å². The smallest absolute Gasteiger partial charge is 0.343 e. The fourth-order valence-corrected chi connectivity index (χ4v) is 5.40. The van der Waals surface area contributed by atoms with Crippen molar-refractivity contribution in [3.05, 3.63) is 70.3 Å². The molecule has 34 heavy (non-hydrogen) atoms. The van der Waals surface area contributed by atoms with Crippen LogP contribution < -0.4 is 4.74 Å². The lowest BCUT2D eigenvalue weighted by atomic mass is 9.90. The normalized spacial score (nSPS) is 19.7. The number of hydrogen-bond donors (Lipinski definition) is 1. The van der Waals surface area contributed by atoms with E-state index in [1.54, 1.807) is 48.5 Å². The number of carbonyl (C=O) groups is 2. The van der Waals surface area contributed by atoms with Crippen molar-refractivity contribution in [2.24, 2.45) is 16.0 Å². The van der Waals surface area contributed by atoms with Crippen LogP contribution in [0.2, 0.25) is 5.02 Å². The number of amides is 1. The highest BCUT2D eigenvalue weighted by Gasteiger charge is 2.37. The number of nitrogens with zero attached hydrogens (tertiary/aromatic N) is 3. The van der Waals surface area contributed by atoms with Crippen LogP contribution in [0.5, 0.6) is 5.75 Å². The van der Waals surface area contributed by atoms with Crippen molar-refractivity contribution in [3.63, 3.8) is 0 Å². The summed E-state index contributed by atoms with van der Waals surface area (Å²) in [5.74, 6) is -0.436. The maximum Gasteiger partial charge on any atom is 0.343 e. The molecule has 0 atom stereocenters. The largest absolute Gasteiger partial charge is 0.421 e. The third-order valence-corrected chi connectivity index (χ3v) is 7.27. The zero-order valence-corrected chi connectivity index (χ0v) is 19.7. The Morgan fingerprint density at radius 3 is 2.65 bits per heavy atom. The molecule has 0 saturated heterocycles. The molecule has 1 saturated carbocycles. The van der Waals surface area contributed by atoms with Crippen LogP contribution in [0.1, 0.15) is 48.0 Å². The van der Waals surface area contributed by atoms with Gasteiger partial charge in [-0.25, -0.2) is 4.79 Å². The SMILES string of the molecule is N=C1/C(=C/c2ccc(OC(=O)c3ccccc3)c(Cl)c2)C(=O)N=C2SC(C3CCCCC3)=NN12. The molecular formula is C25H21ClN4O3S. The molecule has 2 aromatic rings. The van der Waals surface area contributed by atoms with Crippen molar-refractivity contribution >= 4 is 57.4 Å². The van der Waals surface area contributed by atoms with Crippen molar-refractivity contribution in [2.45, 2.75) is 32.1 Å². The van der Waals surface area contributed by atoms with Crippen molar-refractivity contribution in [3.8, 4) is 5.75 Å². The van der Waals surface area contributed by atoms with Crippen molar-refractivity contribution < 1.29 is 14.3 Å². The number of carbonyl (C=O) groups excluding carboxylic acids is 2. The van der Waals surface area contributed by atoms with Crippen LogP contribution >= 0.6 is 23.4 Å². The van der Waals surface area contributed by atoms with E-state index in [1.807, 2.05) is 6.07 Å². The van der Waals surface area contributed by atoms with Gasteiger partial charge in [-0.3, -0.25) is 10.2 Å². The monoisotopic (exact) mass is 492 g/mol. The Hall–Kier alpha value is -3.23. The first kappa shape index (κ1) is 22.6.